The van der Waals surface area contributed by atoms with Crippen LogP contribution in [0.1, 0.15) is 24.1 Å². The van der Waals surface area contributed by atoms with Crippen molar-refractivity contribution in [2.24, 2.45) is 7.05 Å². The standard InChI is InChI=1S/C9H13N3O3/c1-6(13)15-5-9-10-7-3-12(14)4-8(7)11(9)2/h14H,3-5H2,1-2H3. The van der Waals surface area contributed by atoms with Gasteiger partial charge in [-0.1, -0.05) is 0 Å². The summed E-state index contributed by atoms with van der Waals surface area (Å²) in [6.07, 6.45) is 0. The summed E-state index contributed by atoms with van der Waals surface area (Å²) >= 11 is 0. The minimum absolute atomic E-state index is 0.185. The smallest absolute Gasteiger partial charge is 0.303 e. The second-order valence-corrected chi connectivity index (χ2v) is 3.58. The first kappa shape index (κ1) is 10.1. The maximum absolute atomic E-state index is 10.6. The van der Waals surface area contributed by atoms with Crippen LogP contribution in [-0.2, 0) is 36.3 Å². The number of hydrogen-bond donors (Lipinski definition) is 1. The second-order valence-electron chi connectivity index (χ2n) is 3.58. The summed E-state index contributed by atoms with van der Waals surface area (Å²) in [7, 11) is 1.85. The first-order valence-electron chi connectivity index (χ1n) is 4.68. The monoisotopic (exact) mass is 211 g/mol. The number of aromatic nitrogens is 2. The second kappa shape index (κ2) is 3.63. The highest BCUT2D eigenvalue weighted by atomic mass is 16.5. The highest BCUT2D eigenvalue weighted by molar-refractivity contribution is 5.65. The third kappa shape index (κ3) is 1.86. The van der Waals surface area contributed by atoms with Gasteiger partial charge in [0.15, 0.2) is 0 Å². The van der Waals surface area contributed by atoms with E-state index in [0.717, 1.165) is 11.4 Å². The lowest BCUT2D eigenvalue weighted by Gasteiger charge is -2.07. The average molecular weight is 211 g/mol. The Kier molecular flexibility index (Phi) is 2.45. The van der Waals surface area contributed by atoms with Crippen LogP contribution in [0.25, 0.3) is 0 Å². The zero-order chi connectivity index (χ0) is 11.0. The van der Waals surface area contributed by atoms with Gasteiger partial charge in [-0.15, -0.1) is 0 Å². The number of fused-ring (bicyclic) bond motifs is 1. The van der Waals surface area contributed by atoms with E-state index in [2.05, 4.69) is 4.98 Å². The molecule has 2 rings (SSSR count). The largest absolute Gasteiger partial charge is 0.458 e. The molecule has 6 heteroatoms. The molecule has 0 bridgehead atoms. The molecule has 2 heterocycles. The molecule has 0 aromatic carbocycles. The van der Waals surface area contributed by atoms with Gasteiger partial charge >= 0.3 is 5.97 Å². The summed E-state index contributed by atoms with van der Waals surface area (Å²) in [6.45, 7) is 2.46. The van der Waals surface area contributed by atoms with Crippen LogP contribution in [0.2, 0.25) is 0 Å². The number of ether oxygens (including phenoxy) is 1. The van der Waals surface area contributed by atoms with Gasteiger partial charge in [0, 0.05) is 14.0 Å². The minimum atomic E-state index is -0.318. The van der Waals surface area contributed by atoms with Crippen molar-refractivity contribution in [3.63, 3.8) is 0 Å². The molecular weight excluding hydrogens is 198 g/mol. The fourth-order valence-electron chi connectivity index (χ4n) is 1.67. The Hall–Kier alpha value is -1.40. The lowest BCUT2D eigenvalue weighted by molar-refractivity contribution is -0.142. The normalized spacial score (nSPS) is 15.4. The third-order valence-electron chi connectivity index (χ3n) is 2.46. The van der Waals surface area contributed by atoms with Crippen molar-refractivity contribution in [3.05, 3.63) is 17.2 Å². The van der Waals surface area contributed by atoms with Gasteiger partial charge in [-0.3, -0.25) is 4.79 Å². The van der Waals surface area contributed by atoms with E-state index < -0.39 is 0 Å². The van der Waals surface area contributed by atoms with Gasteiger partial charge in [0.25, 0.3) is 0 Å². The molecule has 0 spiro atoms. The van der Waals surface area contributed by atoms with E-state index in [1.807, 2.05) is 11.6 Å². The van der Waals surface area contributed by atoms with Crippen LogP contribution in [0.15, 0.2) is 0 Å². The van der Waals surface area contributed by atoms with Crippen LogP contribution in [-0.4, -0.2) is 25.8 Å². The van der Waals surface area contributed by atoms with Crippen LogP contribution in [0, 0.1) is 0 Å². The number of esters is 1. The van der Waals surface area contributed by atoms with Gasteiger partial charge in [0.1, 0.15) is 12.4 Å². The SMILES string of the molecule is CC(=O)OCc1nc2c(n1C)CN(O)C2. The Labute approximate surface area is 87.0 Å². The first-order valence-corrected chi connectivity index (χ1v) is 4.68. The summed E-state index contributed by atoms with van der Waals surface area (Å²) in [5, 5.41) is 10.5. The van der Waals surface area contributed by atoms with E-state index in [0.29, 0.717) is 18.9 Å². The predicted octanol–water partition coefficient (Wildman–Crippen LogP) is 0.188. The van der Waals surface area contributed by atoms with Gasteiger partial charge in [0.05, 0.1) is 24.5 Å². The number of carbonyl (C=O) groups is 1. The van der Waals surface area contributed by atoms with Crippen molar-refractivity contribution in [2.45, 2.75) is 26.6 Å². The number of hydroxylamine groups is 2. The van der Waals surface area contributed by atoms with Crippen molar-refractivity contribution < 1.29 is 14.7 Å². The van der Waals surface area contributed by atoms with E-state index in [9.17, 15) is 10.0 Å². The van der Waals surface area contributed by atoms with Gasteiger partial charge < -0.3 is 14.5 Å². The number of carbonyl (C=O) groups excluding carboxylic acids is 1. The molecule has 6 nitrogen and oxygen atoms in total. The van der Waals surface area contributed by atoms with Crippen LogP contribution >= 0.6 is 0 Å². The Morgan fingerprint density at radius 2 is 2.33 bits per heavy atom. The van der Waals surface area contributed by atoms with Gasteiger partial charge in [-0.2, -0.15) is 5.06 Å². The molecule has 1 aliphatic rings. The fourth-order valence-corrected chi connectivity index (χ4v) is 1.67. The first-order chi connectivity index (χ1) is 7.08. The zero-order valence-corrected chi connectivity index (χ0v) is 8.73. The number of hydrogen-bond acceptors (Lipinski definition) is 5. The molecule has 0 saturated carbocycles. The highest BCUT2D eigenvalue weighted by Crippen LogP contribution is 2.21. The van der Waals surface area contributed by atoms with Crippen molar-refractivity contribution >= 4 is 5.97 Å². The molecule has 0 fully saturated rings. The van der Waals surface area contributed by atoms with Crippen molar-refractivity contribution in [1.29, 1.82) is 0 Å². The van der Waals surface area contributed by atoms with Crippen LogP contribution < -0.4 is 0 Å². The molecule has 1 aromatic heterocycles. The van der Waals surface area contributed by atoms with Crippen LogP contribution in [0.5, 0.6) is 0 Å². The Morgan fingerprint density at radius 3 is 2.93 bits per heavy atom. The molecule has 0 amide bonds. The number of nitrogens with zero attached hydrogens (tertiary/aromatic N) is 3. The summed E-state index contributed by atoms with van der Waals surface area (Å²) < 4.78 is 6.73. The van der Waals surface area contributed by atoms with Gasteiger partial charge in [-0.05, 0) is 0 Å². The summed E-state index contributed by atoms with van der Waals surface area (Å²) in [6, 6.07) is 0. The predicted molar refractivity (Wildman–Crippen MR) is 49.7 cm³/mol. The van der Waals surface area contributed by atoms with Gasteiger partial charge in [-0.25, -0.2) is 4.98 Å². The molecule has 0 aliphatic carbocycles. The topological polar surface area (TPSA) is 67.6 Å². The molecule has 1 aromatic rings. The molecular formula is C9H13N3O3. The zero-order valence-electron chi connectivity index (χ0n) is 8.73. The van der Waals surface area contributed by atoms with E-state index in [1.54, 1.807) is 0 Å². The summed E-state index contributed by atoms with van der Waals surface area (Å²) in [5.74, 6) is 0.394. The molecule has 82 valence electrons. The van der Waals surface area contributed by atoms with Crippen molar-refractivity contribution in [3.8, 4) is 0 Å². The minimum Gasteiger partial charge on any atom is -0.458 e. The maximum Gasteiger partial charge on any atom is 0.303 e. The quantitative estimate of drug-likeness (QED) is 0.707. The Balaban J connectivity index is 2.15. The van der Waals surface area contributed by atoms with E-state index in [4.69, 9.17) is 4.74 Å². The van der Waals surface area contributed by atoms with E-state index >= 15 is 0 Å². The lowest BCUT2D eigenvalue weighted by atomic mass is 10.4. The van der Waals surface area contributed by atoms with Crippen LogP contribution in [0.4, 0.5) is 0 Å². The van der Waals surface area contributed by atoms with E-state index in [-0.39, 0.29) is 12.6 Å². The van der Waals surface area contributed by atoms with Crippen molar-refractivity contribution in [2.75, 3.05) is 0 Å². The molecule has 15 heavy (non-hydrogen) atoms. The summed E-state index contributed by atoms with van der Waals surface area (Å²) in [5.41, 5.74) is 1.82. The Bertz CT molecular complexity index is 400. The highest BCUT2D eigenvalue weighted by Gasteiger charge is 2.24. The lowest BCUT2D eigenvalue weighted by Crippen LogP contribution is -2.13. The summed E-state index contributed by atoms with van der Waals surface area (Å²) in [4.78, 5) is 14.9. The van der Waals surface area contributed by atoms with E-state index in [1.165, 1.54) is 12.0 Å². The molecule has 1 N–H and O–H groups in total. The number of imidazole rings is 1. The van der Waals surface area contributed by atoms with Crippen LogP contribution in [0.3, 0.4) is 0 Å². The Morgan fingerprint density at radius 1 is 1.60 bits per heavy atom. The molecule has 0 atom stereocenters. The number of rotatable bonds is 2. The fraction of sp³-hybridized carbons (Fsp3) is 0.556. The molecule has 0 radical (unpaired) electrons. The average Bonchev–Trinajstić information content (AvgIpc) is 2.63. The van der Waals surface area contributed by atoms with Gasteiger partial charge in [0.2, 0.25) is 0 Å². The maximum atomic E-state index is 10.6. The third-order valence-corrected chi connectivity index (χ3v) is 2.46. The molecule has 0 saturated heterocycles. The molecule has 1 aliphatic heterocycles. The van der Waals surface area contributed by atoms with Crippen molar-refractivity contribution in [1.82, 2.24) is 14.6 Å². The molecule has 0 unspecified atom stereocenters.